The Morgan fingerprint density at radius 1 is 0.980 bits per heavy atom. The molecule has 264 valence electrons. The topological polar surface area (TPSA) is 114 Å². The molecule has 6 rings (SSSR count). The number of rotatable bonds is 7. The molecule has 50 heavy (non-hydrogen) atoms. The summed E-state index contributed by atoms with van der Waals surface area (Å²) in [5.74, 6) is -1.55. The fraction of sp³-hybridized carbons (Fsp3) is 0.524. The predicted octanol–water partition coefficient (Wildman–Crippen LogP) is 8.84. The van der Waals surface area contributed by atoms with Crippen molar-refractivity contribution in [3.05, 3.63) is 88.0 Å². The third kappa shape index (κ3) is 5.58. The summed E-state index contributed by atoms with van der Waals surface area (Å²) in [4.78, 5) is 38.9. The van der Waals surface area contributed by atoms with Crippen LogP contribution in [0.15, 0.2) is 76.6 Å². The van der Waals surface area contributed by atoms with Gasteiger partial charge in [0.25, 0.3) is 0 Å². The number of fused-ring (bicyclic) bond motifs is 7. The minimum Gasteiger partial charge on any atom is -0.504 e. The molecule has 0 amide bonds. The van der Waals surface area contributed by atoms with E-state index in [0.29, 0.717) is 17.6 Å². The maximum Gasteiger partial charge on any atom is 0.332 e. The van der Waals surface area contributed by atoms with E-state index < -0.39 is 17.2 Å². The molecule has 0 heterocycles. The Morgan fingerprint density at radius 3 is 2.36 bits per heavy atom. The number of hydrogen-bond donors (Lipinski definition) is 1. The van der Waals surface area contributed by atoms with E-state index in [9.17, 15) is 29.1 Å². The van der Waals surface area contributed by atoms with E-state index >= 15 is 0 Å². The summed E-state index contributed by atoms with van der Waals surface area (Å²) in [6.45, 7) is 13.5. The molecule has 1 aromatic rings. The van der Waals surface area contributed by atoms with Crippen LogP contribution in [-0.4, -0.2) is 36.0 Å². The van der Waals surface area contributed by atoms with Gasteiger partial charge in [0, 0.05) is 23.5 Å². The average molecular weight is 682 g/mol. The van der Waals surface area contributed by atoms with Crippen LogP contribution in [-0.2, 0) is 23.9 Å². The van der Waals surface area contributed by atoms with Crippen LogP contribution >= 0.6 is 0 Å². The number of allylic oxidation sites excluding steroid dienone is 8. The maximum absolute atomic E-state index is 13.7. The number of aliphatic hydroxyl groups is 1. The van der Waals surface area contributed by atoms with Crippen LogP contribution in [0, 0.1) is 50.1 Å². The van der Waals surface area contributed by atoms with Crippen LogP contribution in [0.5, 0.6) is 0 Å². The van der Waals surface area contributed by atoms with Gasteiger partial charge in [-0.1, -0.05) is 57.6 Å². The standard InChI is InChI=1S/C42H48FNO6/c1-26-30-12-13-33-40(4,31(30)23-32(45)36(26)47)17-19-42(6)34-24-39(3,15-14-38(34,2)16-18-41(33,42)5)37(48)50-21-7-20-49-35(46)22-28(25-44)27-8-10-29(43)11-9-27/h8-13,22-23,34,47H,7,14-21,24H2,1-6H3. The third-order valence-electron chi connectivity index (χ3n) is 13.7. The van der Waals surface area contributed by atoms with Crippen molar-refractivity contribution in [3.63, 3.8) is 0 Å². The van der Waals surface area contributed by atoms with E-state index in [0.717, 1.165) is 62.2 Å². The van der Waals surface area contributed by atoms with Crippen LogP contribution in [0.25, 0.3) is 5.57 Å². The van der Waals surface area contributed by atoms with Crippen LogP contribution in [0.4, 0.5) is 4.39 Å². The molecular weight excluding hydrogens is 633 g/mol. The summed E-state index contributed by atoms with van der Waals surface area (Å²) in [7, 11) is 0. The van der Waals surface area contributed by atoms with Crippen LogP contribution in [0.1, 0.15) is 98.5 Å². The van der Waals surface area contributed by atoms with Crippen molar-refractivity contribution in [1.82, 2.24) is 0 Å². The lowest BCUT2D eigenvalue weighted by atomic mass is 9.34. The number of ketones is 1. The predicted molar refractivity (Wildman–Crippen MR) is 187 cm³/mol. The minimum atomic E-state index is -0.691. The molecule has 1 N–H and O–H groups in total. The highest BCUT2D eigenvalue weighted by Gasteiger charge is 2.67. The van der Waals surface area contributed by atoms with Crippen molar-refractivity contribution in [2.75, 3.05) is 13.2 Å². The Kier molecular flexibility index (Phi) is 8.90. The van der Waals surface area contributed by atoms with Crippen molar-refractivity contribution < 1.29 is 33.4 Å². The molecule has 6 unspecified atom stereocenters. The highest BCUT2D eigenvalue weighted by molar-refractivity contribution is 6.06. The second-order valence-corrected chi connectivity index (χ2v) is 16.4. The first kappa shape index (κ1) is 35.6. The zero-order valence-corrected chi connectivity index (χ0v) is 30.1. The molecule has 0 radical (unpaired) electrons. The number of hydrogen-bond acceptors (Lipinski definition) is 7. The van der Waals surface area contributed by atoms with Crippen molar-refractivity contribution in [2.45, 2.75) is 92.9 Å². The van der Waals surface area contributed by atoms with Gasteiger partial charge in [-0.25, -0.2) is 9.18 Å². The number of esters is 2. The van der Waals surface area contributed by atoms with Gasteiger partial charge in [0.1, 0.15) is 11.9 Å². The molecule has 0 bridgehead atoms. The summed E-state index contributed by atoms with van der Waals surface area (Å²) in [5, 5.41) is 19.8. The Labute approximate surface area is 294 Å². The van der Waals surface area contributed by atoms with Gasteiger partial charge in [0.2, 0.25) is 5.78 Å². The second kappa shape index (κ2) is 12.5. The number of halogens is 1. The molecule has 8 heteroatoms. The molecule has 6 atom stereocenters. The maximum atomic E-state index is 13.7. The van der Waals surface area contributed by atoms with Crippen molar-refractivity contribution in [3.8, 4) is 6.07 Å². The number of carbonyl (C=O) groups is 3. The van der Waals surface area contributed by atoms with Crippen molar-refractivity contribution in [1.29, 1.82) is 5.26 Å². The Morgan fingerprint density at radius 2 is 1.66 bits per heavy atom. The summed E-state index contributed by atoms with van der Waals surface area (Å²) in [5.41, 5.74) is 3.39. The van der Waals surface area contributed by atoms with Gasteiger partial charge in [0.15, 0.2) is 5.76 Å². The Balaban J connectivity index is 1.12. The number of nitrogens with zero attached hydrogens (tertiary/aromatic N) is 1. The van der Waals surface area contributed by atoms with Gasteiger partial charge in [-0.3, -0.25) is 9.59 Å². The Hall–Kier alpha value is -4.25. The highest BCUT2D eigenvalue weighted by Crippen LogP contribution is 2.75. The number of carbonyl (C=O) groups excluding carboxylic acids is 3. The summed E-state index contributed by atoms with van der Waals surface area (Å²) in [6.07, 6.45) is 13.8. The highest BCUT2D eigenvalue weighted by atomic mass is 19.1. The molecule has 3 fully saturated rings. The van der Waals surface area contributed by atoms with E-state index in [1.807, 2.05) is 19.9 Å². The van der Waals surface area contributed by atoms with Gasteiger partial charge in [-0.15, -0.1) is 0 Å². The number of ether oxygens (including phenoxy) is 2. The monoisotopic (exact) mass is 681 g/mol. The fourth-order valence-electron chi connectivity index (χ4n) is 10.2. The quantitative estimate of drug-likeness (QED) is 0.132. The molecule has 7 nitrogen and oxygen atoms in total. The number of aliphatic hydroxyl groups excluding tert-OH is 1. The molecule has 0 spiro atoms. The molecule has 0 saturated heterocycles. The minimum absolute atomic E-state index is 0.0274. The summed E-state index contributed by atoms with van der Waals surface area (Å²) >= 11 is 0. The molecule has 0 aromatic heterocycles. The second-order valence-electron chi connectivity index (χ2n) is 16.4. The molecule has 0 aliphatic heterocycles. The normalized spacial score (nSPS) is 34.8. The van der Waals surface area contributed by atoms with Crippen LogP contribution in [0.2, 0.25) is 0 Å². The number of nitriles is 1. The Bertz CT molecular complexity index is 1840. The first-order chi connectivity index (χ1) is 23.5. The molecule has 3 saturated carbocycles. The van der Waals surface area contributed by atoms with E-state index in [2.05, 4.69) is 39.8 Å². The lowest BCUT2D eigenvalue weighted by Crippen LogP contribution is -2.62. The SMILES string of the molecule is CC1=C(O)C(=O)C=C2C1=CC=C1C2(C)CCC2(C)C3CC(C)(C(=O)OCCCOC(=O)C=C(C#N)c4ccc(F)cc4)CCC3(C)CCC12C. The average Bonchev–Trinajstić information content (AvgIpc) is 3.08. The zero-order chi connectivity index (χ0) is 36.3. The van der Waals surface area contributed by atoms with Crippen molar-refractivity contribution >= 4 is 23.3 Å². The summed E-state index contributed by atoms with van der Waals surface area (Å²) in [6, 6.07) is 7.23. The number of benzene rings is 1. The van der Waals surface area contributed by atoms with E-state index in [4.69, 9.17) is 9.47 Å². The van der Waals surface area contributed by atoms with E-state index in [-0.39, 0.29) is 63.9 Å². The fourth-order valence-corrected chi connectivity index (χ4v) is 10.2. The molecule has 5 aliphatic rings. The van der Waals surface area contributed by atoms with Gasteiger partial charge in [0.05, 0.1) is 24.2 Å². The molecule has 5 aliphatic carbocycles. The first-order valence-electron chi connectivity index (χ1n) is 17.8. The lowest BCUT2D eigenvalue weighted by molar-refractivity contribution is -0.182. The smallest absolute Gasteiger partial charge is 0.332 e. The van der Waals surface area contributed by atoms with Crippen LogP contribution < -0.4 is 0 Å². The van der Waals surface area contributed by atoms with Crippen molar-refractivity contribution in [2.24, 2.45) is 33.0 Å². The van der Waals surface area contributed by atoms with E-state index in [1.54, 1.807) is 6.08 Å². The van der Waals surface area contributed by atoms with Gasteiger partial charge >= 0.3 is 11.9 Å². The first-order valence-corrected chi connectivity index (χ1v) is 17.8. The largest absolute Gasteiger partial charge is 0.504 e. The zero-order valence-electron chi connectivity index (χ0n) is 30.1. The third-order valence-corrected chi connectivity index (χ3v) is 13.7. The van der Waals surface area contributed by atoms with Gasteiger partial charge in [-0.05, 0) is 116 Å². The van der Waals surface area contributed by atoms with Gasteiger partial charge in [-0.2, -0.15) is 5.26 Å². The van der Waals surface area contributed by atoms with Crippen LogP contribution in [0.3, 0.4) is 0 Å². The summed E-state index contributed by atoms with van der Waals surface area (Å²) < 4.78 is 24.3. The van der Waals surface area contributed by atoms with Gasteiger partial charge < -0.3 is 14.6 Å². The lowest BCUT2D eigenvalue weighted by Gasteiger charge is -2.70. The molecule has 1 aromatic carbocycles. The molecular formula is C42H48FNO6. The van der Waals surface area contributed by atoms with E-state index in [1.165, 1.54) is 29.8 Å².